The van der Waals surface area contributed by atoms with Crippen LogP contribution in [0.15, 0.2) is 35.0 Å². The van der Waals surface area contributed by atoms with E-state index in [1.807, 2.05) is 29.2 Å². The van der Waals surface area contributed by atoms with Gasteiger partial charge in [0.1, 0.15) is 17.4 Å². The van der Waals surface area contributed by atoms with Crippen molar-refractivity contribution in [1.29, 1.82) is 0 Å². The fourth-order valence-electron chi connectivity index (χ4n) is 3.04. The molecule has 0 radical (unpaired) electrons. The van der Waals surface area contributed by atoms with Gasteiger partial charge in [0.15, 0.2) is 11.4 Å². The number of hydrogen-bond acceptors (Lipinski definition) is 6. The van der Waals surface area contributed by atoms with E-state index in [4.69, 9.17) is 4.42 Å². The van der Waals surface area contributed by atoms with Gasteiger partial charge in [0, 0.05) is 11.9 Å². The molecule has 4 rings (SSSR count). The predicted octanol–water partition coefficient (Wildman–Crippen LogP) is 1.31. The summed E-state index contributed by atoms with van der Waals surface area (Å²) in [5, 5.41) is 20.3. The highest BCUT2D eigenvalue weighted by atomic mass is 16.3. The van der Waals surface area contributed by atoms with Crippen molar-refractivity contribution in [3.05, 3.63) is 30.6 Å². The molecule has 3 heterocycles. The first-order chi connectivity index (χ1) is 10.3. The van der Waals surface area contributed by atoms with Gasteiger partial charge in [0.2, 0.25) is 0 Å². The predicted molar refractivity (Wildman–Crippen MR) is 78.2 cm³/mol. The van der Waals surface area contributed by atoms with Crippen molar-refractivity contribution in [2.45, 2.75) is 18.6 Å². The van der Waals surface area contributed by atoms with Crippen molar-refractivity contribution in [3.8, 4) is 0 Å². The number of aromatic nitrogens is 2. The van der Waals surface area contributed by atoms with E-state index in [1.54, 1.807) is 0 Å². The zero-order valence-electron chi connectivity index (χ0n) is 11.3. The van der Waals surface area contributed by atoms with Crippen molar-refractivity contribution in [2.24, 2.45) is 0 Å². The SMILES string of the molecule is OC[C@@H]1C[C@@H](O)CN1c1ncnc2c1oc1ccccc12. The van der Waals surface area contributed by atoms with Crippen LogP contribution < -0.4 is 4.90 Å². The summed E-state index contributed by atoms with van der Waals surface area (Å²) < 4.78 is 5.89. The van der Waals surface area contributed by atoms with Crippen LogP contribution in [0.4, 0.5) is 5.82 Å². The van der Waals surface area contributed by atoms with Gasteiger partial charge in [-0.1, -0.05) is 12.1 Å². The summed E-state index contributed by atoms with van der Waals surface area (Å²) in [4.78, 5) is 10.5. The Kier molecular flexibility index (Phi) is 2.80. The smallest absolute Gasteiger partial charge is 0.196 e. The maximum atomic E-state index is 9.85. The molecule has 2 N–H and O–H groups in total. The van der Waals surface area contributed by atoms with Crippen LogP contribution in [0, 0.1) is 0 Å². The molecule has 1 fully saturated rings. The highest BCUT2D eigenvalue weighted by Crippen LogP contribution is 2.34. The number of fused-ring (bicyclic) bond motifs is 3. The topological polar surface area (TPSA) is 82.6 Å². The van der Waals surface area contributed by atoms with Gasteiger partial charge in [0.25, 0.3) is 0 Å². The molecule has 0 saturated carbocycles. The number of furan rings is 1. The third kappa shape index (κ3) is 1.87. The van der Waals surface area contributed by atoms with Crippen molar-refractivity contribution in [3.63, 3.8) is 0 Å². The average Bonchev–Trinajstić information content (AvgIpc) is 3.07. The van der Waals surface area contributed by atoms with Gasteiger partial charge >= 0.3 is 0 Å². The van der Waals surface area contributed by atoms with E-state index in [1.165, 1.54) is 6.33 Å². The molecule has 108 valence electrons. The first-order valence-electron chi connectivity index (χ1n) is 6.95. The summed E-state index contributed by atoms with van der Waals surface area (Å²) in [6, 6.07) is 7.55. The molecule has 1 aliphatic heterocycles. The second-order valence-electron chi connectivity index (χ2n) is 5.35. The number of aliphatic hydroxyl groups is 2. The third-order valence-electron chi connectivity index (χ3n) is 4.01. The van der Waals surface area contributed by atoms with Crippen LogP contribution >= 0.6 is 0 Å². The first-order valence-corrected chi connectivity index (χ1v) is 6.95. The Hall–Kier alpha value is -2.18. The zero-order chi connectivity index (χ0) is 14.4. The largest absolute Gasteiger partial charge is 0.450 e. The molecule has 1 aliphatic rings. The monoisotopic (exact) mass is 285 g/mol. The van der Waals surface area contributed by atoms with Gasteiger partial charge in [0.05, 0.1) is 18.8 Å². The maximum absolute atomic E-state index is 9.85. The van der Waals surface area contributed by atoms with E-state index >= 15 is 0 Å². The third-order valence-corrected chi connectivity index (χ3v) is 4.01. The van der Waals surface area contributed by atoms with Gasteiger partial charge in [-0.15, -0.1) is 0 Å². The number of anilines is 1. The van der Waals surface area contributed by atoms with E-state index in [-0.39, 0.29) is 12.6 Å². The van der Waals surface area contributed by atoms with E-state index in [9.17, 15) is 10.2 Å². The number of aliphatic hydroxyl groups excluding tert-OH is 2. The fraction of sp³-hybridized carbons (Fsp3) is 0.333. The van der Waals surface area contributed by atoms with Crippen LogP contribution in [0.25, 0.3) is 22.1 Å². The lowest BCUT2D eigenvalue weighted by Crippen LogP contribution is -2.33. The Balaban J connectivity index is 1.93. The number of para-hydroxylation sites is 1. The summed E-state index contributed by atoms with van der Waals surface area (Å²) in [5.74, 6) is 0.631. The number of nitrogens with zero attached hydrogens (tertiary/aromatic N) is 3. The summed E-state index contributed by atoms with van der Waals surface area (Å²) in [6.07, 6.45) is 1.57. The standard InChI is InChI=1S/C15H15N3O3/c19-7-9-5-10(20)6-18(9)15-14-13(16-8-17-15)11-3-1-2-4-12(11)21-14/h1-4,8-10,19-20H,5-7H2/t9-,10+/m0/s1. The molecular weight excluding hydrogens is 270 g/mol. The van der Waals surface area contributed by atoms with Crippen molar-refractivity contribution >= 4 is 27.9 Å². The average molecular weight is 285 g/mol. The second kappa shape index (κ2) is 4.68. The Morgan fingerprint density at radius 2 is 2.14 bits per heavy atom. The van der Waals surface area contributed by atoms with Crippen LogP contribution in [0.1, 0.15) is 6.42 Å². The van der Waals surface area contributed by atoms with E-state index in [2.05, 4.69) is 9.97 Å². The molecule has 2 atom stereocenters. The van der Waals surface area contributed by atoms with E-state index < -0.39 is 6.10 Å². The lowest BCUT2D eigenvalue weighted by atomic mass is 10.2. The zero-order valence-corrected chi connectivity index (χ0v) is 11.3. The van der Waals surface area contributed by atoms with Crippen LogP contribution in [-0.4, -0.2) is 45.5 Å². The molecular formula is C15H15N3O3. The van der Waals surface area contributed by atoms with E-state index in [0.717, 1.165) is 16.5 Å². The lowest BCUT2D eigenvalue weighted by Gasteiger charge is -2.23. The molecule has 1 saturated heterocycles. The maximum Gasteiger partial charge on any atom is 0.196 e. The minimum atomic E-state index is -0.462. The fourth-order valence-corrected chi connectivity index (χ4v) is 3.04. The summed E-state index contributed by atoms with van der Waals surface area (Å²) in [5.41, 5.74) is 2.12. The normalized spacial score (nSPS) is 22.5. The molecule has 6 heteroatoms. The molecule has 0 unspecified atom stereocenters. The minimum Gasteiger partial charge on any atom is -0.450 e. The number of β-amino-alcohol motifs (C(OH)–C–C–N with tert-alkyl or cyclic N) is 1. The molecule has 0 bridgehead atoms. The molecule has 1 aromatic carbocycles. The van der Waals surface area contributed by atoms with Gasteiger partial charge in [-0.25, -0.2) is 9.97 Å². The highest BCUT2D eigenvalue weighted by Gasteiger charge is 2.33. The van der Waals surface area contributed by atoms with E-state index in [0.29, 0.717) is 24.4 Å². The first kappa shape index (κ1) is 12.6. The van der Waals surface area contributed by atoms with Gasteiger partial charge in [-0.05, 0) is 18.6 Å². The molecule has 0 spiro atoms. The van der Waals surface area contributed by atoms with Crippen LogP contribution in [0.3, 0.4) is 0 Å². The van der Waals surface area contributed by atoms with Crippen LogP contribution in [-0.2, 0) is 0 Å². The van der Waals surface area contributed by atoms with Gasteiger partial charge in [-0.3, -0.25) is 0 Å². The summed E-state index contributed by atoms with van der Waals surface area (Å²) in [6.45, 7) is 0.414. The molecule has 2 aromatic heterocycles. The summed E-state index contributed by atoms with van der Waals surface area (Å²) >= 11 is 0. The molecule has 0 amide bonds. The lowest BCUT2D eigenvalue weighted by molar-refractivity contribution is 0.184. The molecule has 6 nitrogen and oxygen atoms in total. The van der Waals surface area contributed by atoms with Gasteiger partial charge < -0.3 is 19.5 Å². The Bertz CT molecular complexity index is 801. The Morgan fingerprint density at radius 3 is 3.00 bits per heavy atom. The molecule has 21 heavy (non-hydrogen) atoms. The van der Waals surface area contributed by atoms with Crippen LogP contribution in [0.5, 0.6) is 0 Å². The van der Waals surface area contributed by atoms with Crippen molar-refractivity contribution in [2.75, 3.05) is 18.1 Å². The highest BCUT2D eigenvalue weighted by molar-refractivity contribution is 6.05. The Labute approximate surface area is 120 Å². The molecule has 0 aliphatic carbocycles. The van der Waals surface area contributed by atoms with Crippen LogP contribution in [0.2, 0.25) is 0 Å². The quantitative estimate of drug-likeness (QED) is 0.738. The minimum absolute atomic E-state index is 0.0250. The summed E-state index contributed by atoms with van der Waals surface area (Å²) in [7, 11) is 0. The second-order valence-corrected chi connectivity index (χ2v) is 5.35. The number of hydrogen-bond donors (Lipinski definition) is 2. The van der Waals surface area contributed by atoms with Gasteiger partial charge in [-0.2, -0.15) is 0 Å². The molecule has 3 aromatic rings. The van der Waals surface area contributed by atoms with Crippen molar-refractivity contribution < 1.29 is 14.6 Å². The Morgan fingerprint density at radius 1 is 1.29 bits per heavy atom. The van der Waals surface area contributed by atoms with Crippen molar-refractivity contribution in [1.82, 2.24) is 9.97 Å². The number of benzene rings is 1. The number of rotatable bonds is 2.